The summed E-state index contributed by atoms with van der Waals surface area (Å²) in [6, 6.07) is 15.0. The van der Waals surface area contributed by atoms with Crippen molar-refractivity contribution >= 4 is 5.91 Å². The lowest BCUT2D eigenvalue weighted by Gasteiger charge is -2.35. The Labute approximate surface area is 203 Å². The van der Waals surface area contributed by atoms with Crippen molar-refractivity contribution in [1.82, 2.24) is 24.4 Å². The second-order valence-corrected chi connectivity index (χ2v) is 8.71. The van der Waals surface area contributed by atoms with Gasteiger partial charge in [0.2, 0.25) is 5.88 Å². The number of ether oxygens (including phenoxy) is 1. The van der Waals surface area contributed by atoms with E-state index in [0.29, 0.717) is 36.1 Å². The third-order valence-electron chi connectivity index (χ3n) is 6.04. The zero-order valence-corrected chi connectivity index (χ0v) is 19.5. The fourth-order valence-electron chi connectivity index (χ4n) is 4.39. The van der Waals surface area contributed by atoms with Gasteiger partial charge in [0.25, 0.3) is 5.91 Å². The summed E-state index contributed by atoms with van der Waals surface area (Å²) in [7, 11) is 0. The largest absolute Gasteiger partial charge is 0.439 e. The molecule has 2 aromatic carbocycles. The summed E-state index contributed by atoms with van der Waals surface area (Å²) in [4.78, 5) is 28.9. The first-order chi connectivity index (χ1) is 17.0. The Morgan fingerprint density at radius 2 is 1.97 bits per heavy atom. The van der Waals surface area contributed by atoms with Crippen LogP contribution in [0.25, 0.3) is 0 Å². The standard InChI is InChI=1S/C27H26FN5O2/c1-19-15-25(35-23-10-8-22(28)9-11-23)31-26(30-19)24-7-2-3-13-33(24)27(34)21-6-4-5-20(16-21)17-32-14-12-29-18-32/h4-6,8-12,14-16,18,24H,2-3,7,13,17H2,1H3/t24-/m1/s1. The third kappa shape index (κ3) is 5.37. The van der Waals surface area contributed by atoms with E-state index in [1.807, 2.05) is 46.9 Å². The number of likely N-dealkylation sites (tertiary alicyclic amines) is 1. The number of halogens is 1. The molecule has 1 aliphatic rings. The average Bonchev–Trinajstić information content (AvgIpc) is 3.38. The number of imidazole rings is 1. The Kier molecular flexibility index (Phi) is 6.52. The molecule has 1 saturated heterocycles. The molecule has 0 spiro atoms. The van der Waals surface area contributed by atoms with Crippen LogP contribution in [0.3, 0.4) is 0 Å². The first-order valence-electron chi connectivity index (χ1n) is 11.7. The zero-order valence-electron chi connectivity index (χ0n) is 19.5. The first kappa shape index (κ1) is 22.7. The highest BCUT2D eigenvalue weighted by molar-refractivity contribution is 5.94. The van der Waals surface area contributed by atoms with Crippen LogP contribution in [0, 0.1) is 12.7 Å². The molecule has 1 amide bonds. The van der Waals surface area contributed by atoms with Crippen molar-refractivity contribution in [2.24, 2.45) is 0 Å². The van der Waals surface area contributed by atoms with E-state index in [1.165, 1.54) is 12.1 Å². The molecular formula is C27H26FN5O2. The molecule has 7 nitrogen and oxygen atoms in total. The van der Waals surface area contributed by atoms with Gasteiger partial charge in [-0.25, -0.2) is 14.4 Å². The van der Waals surface area contributed by atoms with Crippen LogP contribution in [0.1, 0.15) is 52.7 Å². The van der Waals surface area contributed by atoms with Crippen LogP contribution in [-0.4, -0.2) is 36.9 Å². The van der Waals surface area contributed by atoms with Gasteiger partial charge in [-0.3, -0.25) is 4.79 Å². The number of aryl methyl sites for hydroxylation is 1. The first-order valence-corrected chi connectivity index (χ1v) is 11.7. The van der Waals surface area contributed by atoms with E-state index in [4.69, 9.17) is 4.74 Å². The molecular weight excluding hydrogens is 445 g/mol. The Hall–Kier alpha value is -4.07. The summed E-state index contributed by atoms with van der Waals surface area (Å²) in [5.74, 6) is 1.06. The quantitative estimate of drug-likeness (QED) is 0.380. The molecule has 1 aliphatic heterocycles. The maximum Gasteiger partial charge on any atom is 0.254 e. The summed E-state index contributed by atoms with van der Waals surface area (Å²) < 4.78 is 21.1. The predicted octanol–water partition coefficient (Wildman–Crippen LogP) is 5.33. The fourth-order valence-corrected chi connectivity index (χ4v) is 4.39. The van der Waals surface area contributed by atoms with Gasteiger partial charge in [0, 0.05) is 42.8 Å². The minimum Gasteiger partial charge on any atom is -0.439 e. The van der Waals surface area contributed by atoms with Crippen LogP contribution >= 0.6 is 0 Å². The number of hydrogen-bond acceptors (Lipinski definition) is 5. The Bertz CT molecular complexity index is 1310. The topological polar surface area (TPSA) is 73.1 Å². The number of amides is 1. The smallest absolute Gasteiger partial charge is 0.254 e. The minimum atomic E-state index is -0.331. The number of aromatic nitrogens is 4. The second-order valence-electron chi connectivity index (χ2n) is 8.71. The number of rotatable bonds is 6. The maximum atomic E-state index is 13.6. The third-order valence-corrected chi connectivity index (χ3v) is 6.04. The van der Waals surface area contributed by atoms with Gasteiger partial charge in [0.05, 0.1) is 12.4 Å². The number of piperidine rings is 1. The van der Waals surface area contributed by atoms with E-state index in [0.717, 1.165) is 30.5 Å². The molecule has 5 rings (SSSR count). The number of carbonyl (C=O) groups excluding carboxylic acids is 1. The lowest BCUT2D eigenvalue weighted by atomic mass is 9.99. The van der Waals surface area contributed by atoms with Crippen molar-refractivity contribution < 1.29 is 13.9 Å². The average molecular weight is 472 g/mol. The summed E-state index contributed by atoms with van der Waals surface area (Å²) in [5.41, 5.74) is 2.42. The summed E-state index contributed by atoms with van der Waals surface area (Å²) >= 11 is 0. The molecule has 0 bridgehead atoms. The van der Waals surface area contributed by atoms with E-state index >= 15 is 0 Å². The summed E-state index contributed by atoms with van der Waals surface area (Å²) in [6.45, 7) is 3.16. The molecule has 0 N–H and O–H groups in total. The highest BCUT2D eigenvalue weighted by Crippen LogP contribution is 2.32. The van der Waals surface area contributed by atoms with Crippen LogP contribution < -0.4 is 4.74 Å². The van der Waals surface area contributed by atoms with Crippen molar-refractivity contribution in [3.05, 3.63) is 102 Å². The SMILES string of the molecule is Cc1cc(Oc2ccc(F)cc2)nc([C@H]2CCCCN2C(=O)c2cccc(Cn3ccnc3)c2)n1. The predicted molar refractivity (Wildman–Crippen MR) is 129 cm³/mol. The van der Waals surface area contributed by atoms with E-state index in [1.54, 1.807) is 30.7 Å². The summed E-state index contributed by atoms with van der Waals surface area (Å²) in [6.07, 6.45) is 8.09. The molecule has 3 heterocycles. The van der Waals surface area contributed by atoms with Gasteiger partial charge in [-0.05, 0) is 68.1 Å². The van der Waals surface area contributed by atoms with Gasteiger partial charge in [0.15, 0.2) is 5.82 Å². The fraction of sp³-hybridized carbons (Fsp3) is 0.259. The monoisotopic (exact) mass is 471 g/mol. The number of carbonyl (C=O) groups is 1. The van der Waals surface area contributed by atoms with E-state index in [-0.39, 0.29) is 17.8 Å². The molecule has 0 saturated carbocycles. The van der Waals surface area contributed by atoms with Crippen LogP contribution in [0.4, 0.5) is 4.39 Å². The van der Waals surface area contributed by atoms with Crippen LogP contribution in [0.5, 0.6) is 11.6 Å². The van der Waals surface area contributed by atoms with Crippen molar-refractivity contribution in [3.63, 3.8) is 0 Å². The number of nitrogens with zero attached hydrogens (tertiary/aromatic N) is 5. The van der Waals surface area contributed by atoms with E-state index < -0.39 is 0 Å². The molecule has 0 radical (unpaired) electrons. The molecule has 8 heteroatoms. The van der Waals surface area contributed by atoms with Gasteiger partial charge in [0.1, 0.15) is 11.6 Å². The minimum absolute atomic E-state index is 0.0340. The van der Waals surface area contributed by atoms with E-state index in [2.05, 4.69) is 15.0 Å². The molecule has 2 aromatic heterocycles. The van der Waals surface area contributed by atoms with Crippen LogP contribution in [0.15, 0.2) is 73.3 Å². The Morgan fingerprint density at radius 3 is 2.77 bits per heavy atom. The molecule has 0 aliphatic carbocycles. The lowest BCUT2D eigenvalue weighted by molar-refractivity contribution is 0.0598. The van der Waals surface area contributed by atoms with Gasteiger partial charge >= 0.3 is 0 Å². The van der Waals surface area contributed by atoms with Crippen LogP contribution in [0.2, 0.25) is 0 Å². The van der Waals surface area contributed by atoms with Gasteiger partial charge in [-0.1, -0.05) is 12.1 Å². The molecule has 35 heavy (non-hydrogen) atoms. The second kappa shape index (κ2) is 10.0. The van der Waals surface area contributed by atoms with Gasteiger partial charge < -0.3 is 14.2 Å². The molecule has 4 aromatic rings. The molecule has 1 fully saturated rings. The van der Waals surface area contributed by atoms with Crippen LogP contribution in [-0.2, 0) is 6.54 Å². The molecule has 1 atom stereocenters. The van der Waals surface area contributed by atoms with Crippen molar-refractivity contribution in [3.8, 4) is 11.6 Å². The Morgan fingerprint density at radius 1 is 1.11 bits per heavy atom. The highest BCUT2D eigenvalue weighted by atomic mass is 19.1. The maximum absolute atomic E-state index is 13.6. The van der Waals surface area contributed by atoms with Gasteiger partial charge in [-0.15, -0.1) is 0 Å². The molecule has 0 unspecified atom stereocenters. The highest BCUT2D eigenvalue weighted by Gasteiger charge is 2.31. The normalized spacial score (nSPS) is 15.7. The van der Waals surface area contributed by atoms with E-state index in [9.17, 15) is 9.18 Å². The lowest BCUT2D eigenvalue weighted by Crippen LogP contribution is -2.39. The summed E-state index contributed by atoms with van der Waals surface area (Å²) in [5, 5.41) is 0. The molecule has 178 valence electrons. The van der Waals surface area contributed by atoms with Gasteiger partial charge in [-0.2, -0.15) is 4.98 Å². The Balaban J connectivity index is 1.39. The van der Waals surface area contributed by atoms with Crippen molar-refractivity contribution in [1.29, 1.82) is 0 Å². The number of benzene rings is 2. The van der Waals surface area contributed by atoms with Crippen molar-refractivity contribution in [2.45, 2.75) is 38.8 Å². The van der Waals surface area contributed by atoms with Crippen molar-refractivity contribution in [2.75, 3.05) is 6.54 Å². The zero-order chi connectivity index (χ0) is 24.2. The number of hydrogen-bond donors (Lipinski definition) is 0.